The van der Waals surface area contributed by atoms with E-state index in [1.165, 1.54) is 18.2 Å². The van der Waals surface area contributed by atoms with Crippen molar-refractivity contribution in [2.45, 2.75) is 23.8 Å². The molecule has 2 N–H and O–H groups in total. The highest BCUT2D eigenvalue weighted by molar-refractivity contribution is 7.89. The maximum Gasteiger partial charge on any atom is 0.335 e. The molecule has 0 radical (unpaired) electrons. The molecule has 1 saturated heterocycles. The summed E-state index contributed by atoms with van der Waals surface area (Å²) in [5.74, 6) is -0.452. The Morgan fingerprint density at radius 1 is 1.24 bits per heavy atom. The SMILES string of the molecule is O=C(O)c1cccc(S(=O)(=O)NCC(c2ccco2)N2CCCC2)c1. The molecule has 25 heavy (non-hydrogen) atoms. The summed E-state index contributed by atoms with van der Waals surface area (Å²) in [5, 5.41) is 9.03. The van der Waals surface area contributed by atoms with Crippen LogP contribution in [0.15, 0.2) is 52.0 Å². The van der Waals surface area contributed by atoms with E-state index < -0.39 is 16.0 Å². The van der Waals surface area contributed by atoms with Gasteiger partial charge in [-0.15, -0.1) is 0 Å². The third kappa shape index (κ3) is 4.09. The van der Waals surface area contributed by atoms with Gasteiger partial charge < -0.3 is 9.52 Å². The average molecular weight is 364 g/mol. The number of carboxylic acids is 1. The minimum absolute atomic E-state index is 0.0629. The number of nitrogens with one attached hydrogen (secondary N) is 1. The van der Waals surface area contributed by atoms with Crippen molar-refractivity contribution in [3.8, 4) is 0 Å². The largest absolute Gasteiger partial charge is 0.478 e. The number of likely N-dealkylation sites (tertiary alicyclic amines) is 1. The Morgan fingerprint density at radius 2 is 2.00 bits per heavy atom. The topological polar surface area (TPSA) is 99.8 Å². The van der Waals surface area contributed by atoms with Crippen molar-refractivity contribution in [1.82, 2.24) is 9.62 Å². The van der Waals surface area contributed by atoms with Gasteiger partial charge in [-0.2, -0.15) is 0 Å². The van der Waals surface area contributed by atoms with E-state index in [-0.39, 0.29) is 23.0 Å². The molecule has 134 valence electrons. The van der Waals surface area contributed by atoms with Crippen molar-refractivity contribution >= 4 is 16.0 Å². The first-order valence-electron chi connectivity index (χ1n) is 8.08. The highest BCUT2D eigenvalue weighted by Gasteiger charge is 2.27. The zero-order chi connectivity index (χ0) is 17.9. The van der Waals surface area contributed by atoms with Crippen LogP contribution in [0.1, 0.15) is 35.0 Å². The number of sulfonamides is 1. The molecule has 7 nitrogen and oxygen atoms in total. The summed E-state index contributed by atoms with van der Waals surface area (Å²) in [4.78, 5) is 13.2. The Kier molecular flexibility index (Phi) is 5.22. The minimum atomic E-state index is -3.81. The molecule has 1 atom stereocenters. The lowest BCUT2D eigenvalue weighted by molar-refractivity contribution is 0.0696. The predicted octanol–water partition coefficient (Wildman–Crippen LogP) is 2.09. The molecule has 0 aliphatic carbocycles. The summed E-state index contributed by atoms with van der Waals surface area (Å²) in [6, 6.07) is 8.75. The van der Waals surface area contributed by atoms with Gasteiger partial charge in [0.1, 0.15) is 5.76 Å². The second kappa shape index (κ2) is 7.38. The number of nitrogens with zero attached hydrogens (tertiary/aromatic N) is 1. The molecule has 1 unspecified atom stereocenters. The average Bonchev–Trinajstić information content (AvgIpc) is 3.29. The molecule has 1 fully saturated rings. The maximum atomic E-state index is 12.5. The maximum absolute atomic E-state index is 12.5. The first-order valence-corrected chi connectivity index (χ1v) is 9.56. The van der Waals surface area contributed by atoms with Crippen molar-refractivity contribution in [2.75, 3.05) is 19.6 Å². The molecule has 0 amide bonds. The lowest BCUT2D eigenvalue weighted by atomic mass is 10.2. The lowest BCUT2D eigenvalue weighted by Crippen LogP contribution is -2.36. The molecular weight excluding hydrogens is 344 g/mol. The van der Waals surface area contributed by atoms with Gasteiger partial charge in [0.15, 0.2) is 0 Å². The van der Waals surface area contributed by atoms with E-state index in [1.807, 2.05) is 6.07 Å². The van der Waals surface area contributed by atoms with E-state index in [9.17, 15) is 13.2 Å². The van der Waals surface area contributed by atoms with Gasteiger partial charge in [0, 0.05) is 6.54 Å². The first kappa shape index (κ1) is 17.7. The summed E-state index contributed by atoms with van der Waals surface area (Å²) in [6.07, 6.45) is 3.72. The summed E-state index contributed by atoms with van der Waals surface area (Å²) >= 11 is 0. The van der Waals surface area contributed by atoms with Crippen LogP contribution < -0.4 is 4.72 Å². The van der Waals surface area contributed by atoms with Crippen LogP contribution in [0.4, 0.5) is 0 Å². The van der Waals surface area contributed by atoms with Gasteiger partial charge in [0.2, 0.25) is 10.0 Å². The number of hydrogen-bond donors (Lipinski definition) is 2. The van der Waals surface area contributed by atoms with Crippen LogP contribution in [0.25, 0.3) is 0 Å². The smallest absolute Gasteiger partial charge is 0.335 e. The van der Waals surface area contributed by atoms with Crippen LogP contribution in [0.3, 0.4) is 0 Å². The normalized spacial score (nSPS) is 16.8. The second-order valence-electron chi connectivity index (χ2n) is 5.96. The Labute approximate surface area is 146 Å². The number of furan rings is 1. The molecule has 0 saturated carbocycles. The van der Waals surface area contributed by atoms with Gasteiger partial charge in [-0.3, -0.25) is 4.90 Å². The molecule has 8 heteroatoms. The number of benzene rings is 1. The van der Waals surface area contributed by atoms with Crippen LogP contribution in [-0.4, -0.2) is 44.0 Å². The zero-order valence-corrected chi connectivity index (χ0v) is 14.4. The number of rotatable bonds is 7. The number of hydrogen-bond acceptors (Lipinski definition) is 5. The molecule has 1 aromatic heterocycles. The van der Waals surface area contributed by atoms with Crippen LogP contribution in [0.5, 0.6) is 0 Å². The van der Waals surface area contributed by atoms with Crippen LogP contribution in [0.2, 0.25) is 0 Å². The zero-order valence-electron chi connectivity index (χ0n) is 13.6. The number of carbonyl (C=O) groups is 1. The molecule has 3 rings (SSSR count). The quantitative estimate of drug-likeness (QED) is 0.780. The van der Waals surface area contributed by atoms with E-state index in [1.54, 1.807) is 12.3 Å². The second-order valence-corrected chi connectivity index (χ2v) is 7.73. The Morgan fingerprint density at radius 3 is 2.64 bits per heavy atom. The fourth-order valence-corrected chi connectivity index (χ4v) is 4.10. The minimum Gasteiger partial charge on any atom is -0.478 e. The molecular formula is C17H20N2O5S. The molecule has 0 spiro atoms. The van der Waals surface area contributed by atoms with Gasteiger partial charge in [-0.1, -0.05) is 6.07 Å². The molecule has 0 bridgehead atoms. The van der Waals surface area contributed by atoms with E-state index in [0.717, 1.165) is 32.0 Å². The third-order valence-electron chi connectivity index (χ3n) is 4.31. The van der Waals surface area contributed by atoms with Crippen LogP contribution in [-0.2, 0) is 10.0 Å². The van der Waals surface area contributed by atoms with Crippen molar-refractivity contribution in [3.63, 3.8) is 0 Å². The van der Waals surface area contributed by atoms with Gasteiger partial charge >= 0.3 is 5.97 Å². The molecule has 1 aliphatic rings. The third-order valence-corrected chi connectivity index (χ3v) is 5.73. The Balaban J connectivity index is 1.77. The van der Waals surface area contributed by atoms with Gasteiger partial charge in [0.05, 0.1) is 22.8 Å². The van der Waals surface area contributed by atoms with Crippen LogP contribution in [0, 0.1) is 0 Å². The summed E-state index contributed by atoms with van der Waals surface area (Å²) in [6.45, 7) is 1.94. The Bertz CT molecular complexity index is 826. The van der Waals surface area contributed by atoms with Gasteiger partial charge in [-0.25, -0.2) is 17.9 Å². The number of carboxylic acid groups (broad SMARTS) is 1. The fourth-order valence-electron chi connectivity index (χ4n) is 3.01. The Hall–Kier alpha value is -2.16. The fraction of sp³-hybridized carbons (Fsp3) is 0.353. The van der Waals surface area contributed by atoms with Gasteiger partial charge in [0.25, 0.3) is 0 Å². The molecule has 2 aromatic rings. The lowest BCUT2D eigenvalue weighted by Gasteiger charge is -2.26. The van der Waals surface area contributed by atoms with Crippen molar-refractivity contribution < 1.29 is 22.7 Å². The molecule has 1 aromatic carbocycles. The van der Waals surface area contributed by atoms with Gasteiger partial charge in [-0.05, 0) is 56.3 Å². The summed E-state index contributed by atoms with van der Waals surface area (Å²) in [7, 11) is -3.81. The molecule has 2 heterocycles. The van der Waals surface area contributed by atoms with Crippen molar-refractivity contribution in [2.24, 2.45) is 0 Å². The van der Waals surface area contributed by atoms with E-state index in [2.05, 4.69) is 9.62 Å². The summed E-state index contributed by atoms with van der Waals surface area (Å²) < 4.78 is 33.1. The molecule has 1 aliphatic heterocycles. The number of aromatic carboxylic acids is 1. The standard InChI is InChI=1S/C17H20N2O5S/c20-17(21)13-5-3-6-14(11-13)25(22,23)18-12-15(16-7-4-10-24-16)19-8-1-2-9-19/h3-7,10-11,15,18H,1-2,8-9,12H2,(H,20,21). The van der Waals surface area contributed by atoms with E-state index in [0.29, 0.717) is 5.76 Å². The van der Waals surface area contributed by atoms with Crippen molar-refractivity contribution in [3.05, 3.63) is 54.0 Å². The van der Waals surface area contributed by atoms with Crippen LogP contribution >= 0.6 is 0 Å². The monoisotopic (exact) mass is 364 g/mol. The van der Waals surface area contributed by atoms with E-state index in [4.69, 9.17) is 9.52 Å². The highest BCUT2D eigenvalue weighted by atomic mass is 32.2. The highest BCUT2D eigenvalue weighted by Crippen LogP contribution is 2.25. The summed E-state index contributed by atoms with van der Waals surface area (Å²) in [5.41, 5.74) is -0.0648. The van der Waals surface area contributed by atoms with Crippen molar-refractivity contribution in [1.29, 1.82) is 0 Å². The predicted molar refractivity (Wildman–Crippen MR) is 90.8 cm³/mol. The van der Waals surface area contributed by atoms with E-state index >= 15 is 0 Å². The first-order chi connectivity index (χ1) is 12.0.